The van der Waals surface area contributed by atoms with Crippen LogP contribution in [0.2, 0.25) is 0 Å². The molecule has 2 heteroatoms. The maximum Gasteiger partial charge on any atom is 0.119 e. The second kappa shape index (κ2) is 4.47. The van der Waals surface area contributed by atoms with Crippen LogP contribution in [0.25, 0.3) is 0 Å². The van der Waals surface area contributed by atoms with Crippen LogP contribution in [-0.4, -0.2) is 13.2 Å². The SMILES string of the molecule is CCOc1ccc([C@H]2CCCN2)cc1. The Morgan fingerprint density at radius 2 is 2.14 bits per heavy atom. The van der Waals surface area contributed by atoms with Crippen LogP contribution in [0.3, 0.4) is 0 Å². The molecule has 0 amide bonds. The van der Waals surface area contributed by atoms with Gasteiger partial charge in [-0.2, -0.15) is 0 Å². The van der Waals surface area contributed by atoms with E-state index < -0.39 is 0 Å². The molecule has 0 saturated carbocycles. The Kier molecular flexibility index (Phi) is 3.04. The minimum absolute atomic E-state index is 0.561. The zero-order valence-corrected chi connectivity index (χ0v) is 8.62. The van der Waals surface area contributed by atoms with Gasteiger partial charge in [0.1, 0.15) is 5.75 Å². The first-order chi connectivity index (χ1) is 6.90. The molecule has 0 radical (unpaired) electrons. The summed E-state index contributed by atoms with van der Waals surface area (Å²) >= 11 is 0. The normalized spacial score (nSPS) is 21.1. The van der Waals surface area contributed by atoms with Crippen LogP contribution >= 0.6 is 0 Å². The van der Waals surface area contributed by atoms with E-state index in [0.717, 1.165) is 18.9 Å². The lowest BCUT2D eigenvalue weighted by Crippen LogP contribution is -2.12. The molecular formula is C12H17NO. The van der Waals surface area contributed by atoms with Gasteiger partial charge < -0.3 is 10.1 Å². The van der Waals surface area contributed by atoms with Crippen LogP contribution in [0.4, 0.5) is 0 Å². The fourth-order valence-electron chi connectivity index (χ4n) is 1.93. The Hall–Kier alpha value is -1.02. The Labute approximate surface area is 85.3 Å². The van der Waals surface area contributed by atoms with E-state index in [9.17, 15) is 0 Å². The summed E-state index contributed by atoms with van der Waals surface area (Å²) in [4.78, 5) is 0. The molecular weight excluding hydrogens is 174 g/mol. The summed E-state index contributed by atoms with van der Waals surface area (Å²) in [7, 11) is 0. The van der Waals surface area contributed by atoms with Gasteiger partial charge in [-0.25, -0.2) is 0 Å². The topological polar surface area (TPSA) is 21.3 Å². The summed E-state index contributed by atoms with van der Waals surface area (Å²) in [5, 5.41) is 3.48. The molecule has 1 atom stereocenters. The predicted molar refractivity (Wildman–Crippen MR) is 57.6 cm³/mol. The molecule has 76 valence electrons. The molecule has 1 fully saturated rings. The van der Waals surface area contributed by atoms with Gasteiger partial charge in [-0.3, -0.25) is 0 Å². The molecule has 1 aliphatic heterocycles. The zero-order valence-electron chi connectivity index (χ0n) is 8.62. The minimum Gasteiger partial charge on any atom is -0.494 e. The van der Waals surface area contributed by atoms with E-state index in [1.165, 1.54) is 18.4 Å². The van der Waals surface area contributed by atoms with Crippen LogP contribution in [0, 0.1) is 0 Å². The maximum absolute atomic E-state index is 5.40. The van der Waals surface area contributed by atoms with Crippen molar-refractivity contribution in [2.75, 3.05) is 13.2 Å². The quantitative estimate of drug-likeness (QED) is 0.792. The lowest BCUT2D eigenvalue weighted by molar-refractivity contribution is 0.340. The van der Waals surface area contributed by atoms with Crippen molar-refractivity contribution in [3.63, 3.8) is 0 Å². The maximum atomic E-state index is 5.40. The van der Waals surface area contributed by atoms with E-state index in [2.05, 4.69) is 29.6 Å². The standard InChI is InChI=1S/C12H17NO/c1-2-14-11-7-5-10(6-8-11)12-4-3-9-13-12/h5-8,12-13H,2-4,9H2,1H3/t12-/m1/s1. The predicted octanol–water partition coefficient (Wildman–Crippen LogP) is 2.51. The van der Waals surface area contributed by atoms with Crippen LogP contribution in [0.15, 0.2) is 24.3 Å². The first-order valence-corrected chi connectivity index (χ1v) is 5.36. The Bertz CT molecular complexity index is 275. The molecule has 1 heterocycles. The van der Waals surface area contributed by atoms with Gasteiger partial charge in [-0.1, -0.05) is 12.1 Å². The highest BCUT2D eigenvalue weighted by atomic mass is 16.5. The monoisotopic (exact) mass is 191 g/mol. The lowest BCUT2D eigenvalue weighted by atomic mass is 10.1. The van der Waals surface area contributed by atoms with Crippen molar-refractivity contribution in [2.24, 2.45) is 0 Å². The fourth-order valence-corrected chi connectivity index (χ4v) is 1.93. The number of rotatable bonds is 3. The molecule has 1 aromatic rings. The van der Waals surface area contributed by atoms with E-state index >= 15 is 0 Å². The van der Waals surface area contributed by atoms with Crippen LogP contribution < -0.4 is 10.1 Å². The molecule has 1 saturated heterocycles. The molecule has 0 spiro atoms. The molecule has 1 aliphatic rings. The largest absolute Gasteiger partial charge is 0.494 e. The number of ether oxygens (including phenoxy) is 1. The van der Waals surface area contributed by atoms with Crippen molar-refractivity contribution < 1.29 is 4.74 Å². The summed E-state index contributed by atoms with van der Waals surface area (Å²) < 4.78 is 5.40. The first kappa shape index (κ1) is 9.53. The fraction of sp³-hybridized carbons (Fsp3) is 0.500. The summed E-state index contributed by atoms with van der Waals surface area (Å²) in [6, 6.07) is 8.99. The summed E-state index contributed by atoms with van der Waals surface area (Å²) in [6.07, 6.45) is 2.55. The molecule has 1 aromatic carbocycles. The second-order valence-electron chi connectivity index (χ2n) is 3.65. The molecule has 0 aliphatic carbocycles. The van der Waals surface area contributed by atoms with Gasteiger partial charge in [-0.05, 0) is 44.0 Å². The van der Waals surface area contributed by atoms with Crippen molar-refractivity contribution >= 4 is 0 Å². The third kappa shape index (κ3) is 2.07. The smallest absolute Gasteiger partial charge is 0.119 e. The van der Waals surface area contributed by atoms with E-state index in [1.807, 2.05) is 6.92 Å². The van der Waals surface area contributed by atoms with E-state index in [0.29, 0.717) is 6.04 Å². The van der Waals surface area contributed by atoms with Crippen molar-refractivity contribution in [3.8, 4) is 5.75 Å². The highest BCUT2D eigenvalue weighted by Gasteiger charge is 2.15. The van der Waals surface area contributed by atoms with Gasteiger partial charge in [0.15, 0.2) is 0 Å². The van der Waals surface area contributed by atoms with Crippen molar-refractivity contribution in [1.82, 2.24) is 5.32 Å². The van der Waals surface area contributed by atoms with Gasteiger partial charge in [0.25, 0.3) is 0 Å². The van der Waals surface area contributed by atoms with Crippen LogP contribution in [0.5, 0.6) is 5.75 Å². The van der Waals surface area contributed by atoms with Crippen molar-refractivity contribution in [3.05, 3.63) is 29.8 Å². The highest BCUT2D eigenvalue weighted by Crippen LogP contribution is 2.24. The Morgan fingerprint density at radius 1 is 1.36 bits per heavy atom. The highest BCUT2D eigenvalue weighted by molar-refractivity contribution is 5.29. The van der Waals surface area contributed by atoms with Crippen LogP contribution in [-0.2, 0) is 0 Å². The minimum atomic E-state index is 0.561. The van der Waals surface area contributed by atoms with E-state index in [-0.39, 0.29) is 0 Å². The van der Waals surface area contributed by atoms with Crippen molar-refractivity contribution in [2.45, 2.75) is 25.8 Å². The summed E-state index contributed by atoms with van der Waals surface area (Å²) in [5.74, 6) is 0.967. The Balaban J connectivity index is 2.05. The third-order valence-electron chi connectivity index (χ3n) is 2.65. The number of nitrogens with one attached hydrogen (secondary N) is 1. The molecule has 2 nitrogen and oxygen atoms in total. The number of benzene rings is 1. The van der Waals surface area contributed by atoms with Gasteiger partial charge >= 0.3 is 0 Å². The van der Waals surface area contributed by atoms with E-state index in [1.54, 1.807) is 0 Å². The third-order valence-corrected chi connectivity index (χ3v) is 2.65. The van der Waals surface area contributed by atoms with Gasteiger partial charge in [-0.15, -0.1) is 0 Å². The molecule has 0 aromatic heterocycles. The van der Waals surface area contributed by atoms with E-state index in [4.69, 9.17) is 4.74 Å². The zero-order chi connectivity index (χ0) is 9.80. The number of hydrogen-bond donors (Lipinski definition) is 1. The average Bonchev–Trinajstić information content (AvgIpc) is 2.72. The molecule has 0 unspecified atom stereocenters. The molecule has 14 heavy (non-hydrogen) atoms. The molecule has 2 rings (SSSR count). The van der Waals surface area contributed by atoms with Gasteiger partial charge in [0.05, 0.1) is 6.61 Å². The molecule has 0 bridgehead atoms. The summed E-state index contributed by atoms with van der Waals surface area (Å²) in [5.41, 5.74) is 1.38. The van der Waals surface area contributed by atoms with Gasteiger partial charge in [0, 0.05) is 6.04 Å². The van der Waals surface area contributed by atoms with Crippen molar-refractivity contribution in [1.29, 1.82) is 0 Å². The first-order valence-electron chi connectivity index (χ1n) is 5.36. The summed E-state index contributed by atoms with van der Waals surface area (Å²) in [6.45, 7) is 3.89. The molecule has 1 N–H and O–H groups in total. The Morgan fingerprint density at radius 3 is 2.71 bits per heavy atom. The lowest BCUT2D eigenvalue weighted by Gasteiger charge is -2.11. The van der Waals surface area contributed by atoms with Gasteiger partial charge in [0.2, 0.25) is 0 Å². The average molecular weight is 191 g/mol. The van der Waals surface area contributed by atoms with Crippen LogP contribution in [0.1, 0.15) is 31.4 Å². The number of hydrogen-bond acceptors (Lipinski definition) is 2. The second-order valence-corrected chi connectivity index (χ2v) is 3.65.